The van der Waals surface area contributed by atoms with Crippen LogP contribution in [0.1, 0.15) is 34.6 Å². The lowest BCUT2D eigenvalue weighted by Gasteiger charge is -2.21. The Labute approximate surface area is 199 Å². The van der Waals surface area contributed by atoms with E-state index in [9.17, 15) is 23.2 Å². The van der Waals surface area contributed by atoms with Crippen molar-refractivity contribution in [1.82, 2.24) is 0 Å². The van der Waals surface area contributed by atoms with Crippen LogP contribution in [0.2, 0.25) is 0 Å². The lowest BCUT2D eigenvalue weighted by Crippen LogP contribution is -2.33. The molecule has 0 saturated carbocycles. The number of halogens is 2. The van der Waals surface area contributed by atoms with Gasteiger partial charge in [0.05, 0.1) is 6.61 Å². The maximum absolute atomic E-state index is 13.2. The van der Waals surface area contributed by atoms with Crippen LogP contribution in [0, 0.1) is 11.6 Å². The molecule has 2 heterocycles. The fourth-order valence-corrected chi connectivity index (χ4v) is 3.56. The standard InChI is InChI=1S/C25H22F2O8/c1-25(2)33-13-20(35-25)21-22(31-11-18(28)14-3-7-16(26)8-4-14)23(24(30)34-21)32-12-19(29)15-5-9-17(27)10-6-15/h3-10,20-21H,11-13H2,1-2H3/t20-,21-/m0/s1. The third-order valence-corrected chi connectivity index (χ3v) is 5.31. The second-order valence-corrected chi connectivity index (χ2v) is 8.32. The number of cyclic esters (lactones) is 1. The molecule has 184 valence electrons. The minimum absolute atomic E-state index is 0.0749. The van der Waals surface area contributed by atoms with Crippen molar-refractivity contribution < 1.29 is 46.8 Å². The summed E-state index contributed by atoms with van der Waals surface area (Å²) in [6.07, 6.45) is -1.83. The Morgan fingerprint density at radius 2 is 1.43 bits per heavy atom. The fraction of sp³-hybridized carbons (Fsp3) is 0.320. The second-order valence-electron chi connectivity index (χ2n) is 8.32. The SMILES string of the molecule is CC1(C)OC[C@@H]([C@@H]2OC(=O)C(OCC(=O)c3ccc(F)cc3)=C2OCC(=O)c2ccc(F)cc2)O1. The average Bonchev–Trinajstić information content (AvgIpc) is 3.34. The Hall–Kier alpha value is -3.63. The predicted molar refractivity (Wildman–Crippen MR) is 115 cm³/mol. The van der Waals surface area contributed by atoms with Crippen molar-refractivity contribution in [3.05, 3.63) is 82.8 Å². The monoisotopic (exact) mass is 488 g/mol. The van der Waals surface area contributed by atoms with E-state index >= 15 is 0 Å². The Kier molecular flexibility index (Phi) is 6.95. The third-order valence-electron chi connectivity index (χ3n) is 5.31. The van der Waals surface area contributed by atoms with Crippen LogP contribution < -0.4 is 0 Å². The zero-order chi connectivity index (χ0) is 25.2. The maximum Gasteiger partial charge on any atom is 0.378 e. The Balaban J connectivity index is 1.53. The fourth-order valence-electron chi connectivity index (χ4n) is 3.56. The molecule has 35 heavy (non-hydrogen) atoms. The summed E-state index contributed by atoms with van der Waals surface area (Å²) >= 11 is 0. The van der Waals surface area contributed by atoms with E-state index in [0.717, 1.165) is 24.3 Å². The van der Waals surface area contributed by atoms with Gasteiger partial charge in [-0.25, -0.2) is 13.6 Å². The number of ketones is 2. The number of rotatable bonds is 9. The van der Waals surface area contributed by atoms with Crippen LogP contribution in [0.3, 0.4) is 0 Å². The topological polar surface area (TPSA) is 97.4 Å². The summed E-state index contributed by atoms with van der Waals surface area (Å²) in [5.74, 6) is -4.35. The molecular formula is C25H22F2O8. The van der Waals surface area contributed by atoms with Crippen LogP contribution in [0.4, 0.5) is 8.78 Å². The normalized spacial score (nSPS) is 21.1. The molecule has 2 atom stereocenters. The van der Waals surface area contributed by atoms with Crippen LogP contribution >= 0.6 is 0 Å². The van der Waals surface area contributed by atoms with E-state index in [-0.39, 0.29) is 29.3 Å². The zero-order valence-electron chi connectivity index (χ0n) is 18.9. The van der Waals surface area contributed by atoms with Gasteiger partial charge in [-0.15, -0.1) is 0 Å². The molecule has 8 nitrogen and oxygen atoms in total. The summed E-state index contributed by atoms with van der Waals surface area (Å²) in [6, 6.07) is 9.71. The summed E-state index contributed by atoms with van der Waals surface area (Å²) in [4.78, 5) is 37.6. The van der Waals surface area contributed by atoms with Crippen LogP contribution in [0.5, 0.6) is 0 Å². The van der Waals surface area contributed by atoms with Gasteiger partial charge in [0.1, 0.15) is 17.7 Å². The van der Waals surface area contributed by atoms with Gasteiger partial charge in [-0.3, -0.25) is 9.59 Å². The Morgan fingerprint density at radius 1 is 0.914 bits per heavy atom. The molecule has 1 fully saturated rings. The molecule has 0 unspecified atom stereocenters. The molecule has 0 N–H and O–H groups in total. The molecule has 0 bridgehead atoms. The van der Waals surface area contributed by atoms with Gasteiger partial charge in [0, 0.05) is 11.1 Å². The van der Waals surface area contributed by atoms with E-state index < -0.39 is 60.4 Å². The zero-order valence-corrected chi connectivity index (χ0v) is 18.9. The Morgan fingerprint density at radius 3 is 1.91 bits per heavy atom. The van der Waals surface area contributed by atoms with Gasteiger partial charge < -0.3 is 23.7 Å². The molecule has 0 aromatic heterocycles. The highest BCUT2D eigenvalue weighted by atomic mass is 19.1. The molecule has 2 aliphatic heterocycles. The molecule has 0 amide bonds. The van der Waals surface area contributed by atoms with E-state index in [1.54, 1.807) is 13.8 Å². The van der Waals surface area contributed by atoms with Crippen LogP contribution in [-0.4, -0.2) is 55.4 Å². The number of benzene rings is 2. The molecular weight excluding hydrogens is 466 g/mol. The molecule has 0 radical (unpaired) electrons. The first-order valence-electron chi connectivity index (χ1n) is 10.7. The van der Waals surface area contributed by atoms with Gasteiger partial charge in [-0.2, -0.15) is 0 Å². The number of hydrogen-bond acceptors (Lipinski definition) is 8. The van der Waals surface area contributed by atoms with E-state index in [1.807, 2.05) is 0 Å². The highest BCUT2D eigenvalue weighted by molar-refractivity contribution is 5.98. The van der Waals surface area contributed by atoms with Crippen molar-refractivity contribution in [3.63, 3.8) is 0 Å². The highest BCUT2D eigenvalue weighted by Crippen LogP contribution is 2.34. The van der Waals surface area contributed by atoms with Gasteiger partial charge in [0.2, 0.25) is 5.76 Å². The van der Waals surface area contributed by atoms with Crippen LogP contribution in [0.15, 0.2) is 60.0 Å². The van der Waals surface area contributed by atoms with Crippen molar-refractivity contribution in [1.29, 1.82) is 0 Å². The molecule has 0 spiro atoms. The Bertz CT molecular complexity index is 1150. The minimum Gasteiger partial charge on any atom is -0.482 e. The van der Waals surface area contributed by atoms with Gasteiger partial charge >= 0.3 is 5.97 Å². The van der Waals surface area contributed by atoms with Crippen LogP contribution in [-0.2, 0) is 28.5 Å². The second kappa shape index (κ2) is 9.93. The summed E-state index contributed by atoms with van der Waals surface area (Å²) in [5, 5.41) is 0. The lowest BCUT2D eigenvalue weighted by molar-refractivity contribution is -0.163. The molecule has 2 aliphatic rings. The quantitative estimate of drug-likeness (QED) is 0.392. The molecule has 2 aromatic rings. The summed E-state index contributed by atoms with van der Waals surface area (Å²) < 4.78 is 54.1. The largest absolute Gasteiger partial charge is 0.482 e. The van der Waals surface area contributed by atoms with E-state index in [0.29, 0.717) is 0 Å². The lowest BCUT2D eigenvalue weighted by atomic mass is 10.1. The summed E-state index contributed by atoms with van der Waals surface area (Å²) in [5.41, 5.74) is 0.377. The molecule has 1 saturated heterocycles. The number of carbonyl (C=O) groups excluding carboxylic acids is 3. The first-order chi connectivity index (χ1) is 16.6. The highest BCUT2D eigenvalue weighted by Gasteiger charge is 2.48. The van der Waals surface area contributed by atoms with Crippen molar-refractivity contribution in [2.24, 2.45) is 0 Å². The van der Waals surface area contributed by atoms with E-state index in [4.69, 9.17) is 23.7 Å². The predicted octanol–water partition coefficient (Wildman–Crippen LogP) is 3.35. The van der Waals surface area contributed by atoms with Crippen molar-refractivity contribution >= 4 is 17.5 Å². The van der Waals surface area contributed by atoms with E-state index in [2.05, 4.69) is 0 Å². The molecule has 10 heteroatoms. The van der Waals surface area contributed by atoms with Gasteiger partial charge in [-0.1, -0.05) is 0 Å². The van der Waals surface area contributed by atoms with E-state index in [1.165, 1.54) is 24.3 Å². The summed E-state index contributed by atoms with van der Waals surface area (Å²) in [7, 11) is 0. The first-order valence-corrected chi connectivity index (χ1v) is 10.7. The molecule has 0 aliphatic carbocycles. The average molecular weight is 488 g/mol. The van der Waals surface area contributed by atoms with Gasteiger partial charge in [-0.05, 0) is 62.4 Å². The van der Waals surface area contributed by atoms with Gasteiger partial charge in [0.15, 0.2) is 42.4 Å². The summed E-state index contributed by atoms with van der Waals surface area (Å²) in [6.45, 7) is 2.38. The van der Waals surface area contributed by atoms with Crippen molar-refractivity contribution in [2.75, 3.05) is 19.8 Å². The number of carbonyl (C=O) groups is 3. The molecule has 2 aromatic carbocycles. The first kappa shape index (κ1) is 24.5. The van der Waals surface area contributed by atoms with Gasteiger partial charge in [0.25, 0.3) is 0 Å². The number of hydrogen-bond donors (Lipinski definition) is 0. The number of Topliss-reactive ketones (excluding diaryl/α,β-unsaturated/α-hetero) is 2. The number of esters is 1. The van der Waals surface area contributed by atoms with Crippen LogP contribution in [0.25, 0.3) is 0 Å². The molecule has 4 rings (SSSR count). The third kappa shape index (κ3) is 5.72. The van der Waals surface area contributed by atoms with Crippen molar-refractivity contribution in [2.45, 2.75) is 31.8 Å². The minimum atomic E-state index is -1.08. The maximum atomic E-state index is 13.2. The smallest absolute Gasteiger partial charge is 0.378 e. The number of ether oxygens (including phenoxy) is 5. The van der Waals surface area contributed by atoms with Crippen molar-refractivity contribution in [3.8, 4) is 0 Å².